The Hall–Kier alpha value is -0.860. The van der Waals surface area contributed by atoms with Crippen LogP contribution in [0.3, 0.4) is 0 Å². The van der Waals surface area contributed by atoms with Crippen LogP contribution < -0.4 is 0 Å². The van der Waals surface area contributed by atoms with Crippen molar-refractivity contribution in [2.24, 2.45) is 0 Å². The molecule has 0 radical (unpaired) electrons. The second-order valence-corrected chi connectivity index (χ2v) is 4.44. The monoisotopic (exact) mass is 205 g/mol. The van der Waals surface area contributed by atoms with Crippen molar-refractivity contribution >= 4 is 0 Å². The quantitative estimate of drug-likeness (QED) is 0.817. The van der Waals surface area contributed by atoms with Crippen molar-refractivity contribution in [3.63, 3.8) is 0 Å². The molecule has 1 saturated heterocycles. The Morgan fingerprint density at radius 1 is 1.40 bits per heavy atom. The molecule has 1 aliphatic heterocycles. The summed E-state index contributed by atoms with van der Waals surface area (Å²) in [6.07, 6.45) is 3.04. The summed E-state index contributed by atoms with van der Waals surface area (Å²) in [5.41, 5.74) is 1.04. The third kappa shape index (κ3) is 2.58. The fourth-order valence-corrected chi connectivity index (χ4v) is 2.35. The van der Waals surface area contributed by atoms with Crippen LogP contribution in [0, 0.1) is 0 Å². The van der Waals surface area contributed by atoms with E-state index in [0.29, 0.717) is 6.04 Å². The van der Waals surface area contributed by atoms with Crippen molar-refractivity contribution in [3.8, 4) is 0 Å². The van der Waals surface area contributed by atoms with E-state index in [9.17, 15) is 5.11 Å². The highest BCUT2D eigenvalue weighted by Gasteiger charge is 2.23. The number of rotatable bonds is 3. The number of benzene rings is 1. The van der Waals surface area contributed by atoms with Crippen LogP contribution in [0.25, 0.3) is 0 Å². The van der Waals surface area contributed by atoms with Gasteiger partial charge in [0.05, 0.1) is 6.10 Å². The minimum Gasteiger partial charge on any atom is -0.388 e. The lowest BCUT2D eigenvalue weighted by atomic mass is 10.0. The van der Waals surface area contributed by atoms with Crippen LogP contribution in [0.2, 0.25) is 0 Å². The van der Waals surface area contributed by atoms with Gasteiger partial charge in [0.2, 0.25) is 0 Å². The van der Waals surface area contributed by atoms with Gasteiger partial charge in [0.25, 0.3) is 0 Å². The number of hydrogen-bond acceptors (Lipinski definition) is 2. The number of likely N-dealkylation sites (tertiary alicyclic amines) is 1. The van der Waals surface area contributed by atoms with Gasteiger partial charge in [-0.1, -0.05) is 30.3 Å². The van der Waals surface area contributed by atoms with Crippen LogP contribution in [0.5, 0.6) is 0 Å². The molecule has 0 spiro atoms. The lowest BCUT2D eigenvalue weighted by Crippen LogP contribution is -2.26. The van der Waals surface area contributed by atoms with Crippen molar-refractivity contribution < 1.29 is 5.11 Å². The Morgan fingerprint density at radius 2 is 2.13 bits per heavy atom. The fourth-order valence-electron chi connectivity index (χ4n) is 2.35. The molecule has 2 heteroatoms. The minimum absolute atomic E-state index is 0.309. The molecule has 0 aromatic heterocycles. The highest BCUT2D eigenvalue weighted by molar-refractivity contribution is 5.17. The molecule has 1 N–H and O–H groups in total. The average molecular weight is 205 g/mol. The molecule has 2 rings (SSSR count). The molecule has 0 saturated carbocycles. The molecule has 0 amide bonds. The van der Waals surface area contributed by atoms with Crippen molar-refractivity contribution in [3.05, 3.63) is 35.9 Å². The highest BCUT2D eigenvalue weighted by atomic mass is 16.3. The van der Waals surface area contributed by atoms with Gasteiger partial charge in [0, 0.05) is 6.04 Å². The first kappa shape index (κ1) is 10.7. The van der Waals surface area contributed by atoms with Gasteiger partial charge in [-0.2, -0.15) is 0 Å². The first-order chi connectivity index (χ1) is 7.27. The van der Waals surface area contributed by atoms with Crippen LogP contribution in [0.4, 0.5) is 0 Å². The maximum atomic E-state index is 10.1. The zero-order valence-electron chi connectivity index (χ0n) is 9.26. The molecule has 1 aromatic rings. The zero-order chi connectivity index (χ0) is 10.7. The van der Waals surface area contributed by atoms with Gasteiger partial charge in [0.15, 0.2) is 0 Å². The second kappa shape index (κ2) is 4.77. The normalized spacial score (nSPS) is 24.3. The van der Waals surface area contributed by atoms with E-state index < -0.39 is 0 Å². The third-order valence-corrected chi connectivity index (χ3v) is 3.35. The Kier molecular flexibility index (Phi) is 3.39. The standard InChI is InChI=1S/C13H19NO/c1-14-9-5-8-12(14)10-13(15)11-6-3-2-4-7-11/h2-4,6-7,12-13,15H,5,8-10H2,1H3/t12-,13-/m0/s1. The summed E-state index contributed by atoms with van der Waals surface area (Å²) < 4.78 is 0. The van der Waals surface area contributed by atoms with Crippen LogP contribution in [0.1, 0.15) is 30.9 Å². The van der Waals surface area contributed by atoms with Gasteiger partial charge in [-0.3, -0.25) is 0 Å². The van der Waals surface area contributed by atoms with Crippen molar-refractivity contribution in [1.82, 2.24) is 4.90 Å². The van der Waals surface area contributed by atoms with Crippen LogP contribution in [0.15, 0.2) is 30.3 Å². The number of nitrogens with zero attached hydrogens (tertiary/aromatic N) is 1. The number of aliphatic hydroxyl groups excluding tert-OH is 1. The molecule has 0 bridgehead atoms. The molecule has 0 aliphatic carbocycles. The van der Waals surface area contributed by atoms with E-state index in [0.717, 1.165) is 12.0 Å². The van der Waals surface area contributed by atoms with E-state index in [4.69, 9.17) is 0 Å². The number of aliphatic hydroxyl groups is 1. The van der Waals surface area contributed by atoms with Gasteiger partial charge in [-0.25, -0.2) is 0 Å². The first-order valence-corrected chi connectivity index (χ1v) is 5.70. The van der Waals surface area contributed by atoms with Crippen LogP contribution >= 0.6 is 0 Å². The molecule has 82 valence electrons. The third-order valence-electron chi connectivity index (χ3n) is 3.35. The lowest BCUT2D eigenvalue weighted by molar-refractivity contribution is 0.130. The summed E-state index contributed by atoms with van der Waals surface area (Å²) in [5, 5.41) is 10.1. The van der Waals surface area contributed by atoms with E-state index in [1.165, 1.54) is 19.4 Å². The van der Waals surface area contributed by atoms with Gasteiger partial charge in [0.1, 0.15) is 0 Å². The van der Waals surface area contributed by atoms with Crippen molar-refractivity contribution in [2.45, 2.75) is 31.4 Å². The smallest absolute Gasteiger partial charge is 0.0805 e. The Labute approximate surface area is 91.5 Å². The summed E-state index contributed by atoms with van der Waals surface area (Å²) >= 11 is 0. The SMILES string of the molecule is CN1CCC[C@H]1C[C@H](O)c1ccccc1. The molecule has 1 heterocycles. The number of hydrogen-bond donors (Lipinski definition) is 1. The highest BCUT2D eigenvalue weighted by Crippen LogP contribution is 2.25. The van der Waals surface area contributed by atoms with Crippen LogP contribution in [-0.2, 0) is 0 Å². The summed E-state index contributed by atoms with van der Waals surface area (Å²) in [6, 6.07) is 10.5. The van der Waals surface area contributed by atoms with Gasteiger partial charge in [-0.05, 0) is 38.4 Å². The molecule has 1 aliphatic rings. The van der Waals surface area contributed by atoms with Crippen LogP contribution in [-0.4, -0.2) is 29.6 Å². The molecule has 15 heavy (non-hydrogen) atoms. The van der Waals surface area contributed by atoms with Gasteiger partial charge in [-0.15, -0.1) is 0 Å². The topological polar surface area (TPSA) is 23.5 Å². The maximum Gasteiger partial charge on any atom is 0.0805 e. The van der Waals surface area contributed by atoms with E-state index >= 15 is 0 Å². The fraction of sp³-hybridized carbons (Fsp3) is 0.538. The molecule has 2 atom stereocenters. The molecule has 1 fully saturated rings. The van der Waals surface area contributed by atoms with E-state index in [2.05, 4.69) is 11.9 Å². The molecule has 2 nitrogen and oxygen atoms in total. The van der Waals surface area contributed by atoms with Gasteiger partial charge < -0.3 is 10.0 Å². The molecule has 1 aromatic carbocycles. The molecular formula is C13H19NO. The second-order valence-electron chi connectivity index (χ2n) is 4.44. The largest absolute Gasteiger partial charge is 0.388 e. The van der Waals surface area contributed by atoms with E-state index in [1.807, 2.05) is 30.3 Å². The summed E-state index contributed by atoms with van der Waals surface area (Å²) in [6.45, 7) is 1.17. The first-order valence-electron chi connectivity index (χ1n) is 5.70. The Bertz CT molecular complexity index is 299. The average Bonchev–Trinajstić information content (AvgIpc) is 2.66. The van der Waals surface area contributed by atoms with E-state index in [1.54, 1.807) is 0 Å². The summed E-state index contributed by atoms with van der Waals surface area (Å²) in [7, 11) is 2.15. The predicted molar refractivity (Wildman–Crippen MR) is 61.7 cm³/mol. The predicted octanol–water partition coefficient (Wildman–Crippen LogP) is 2.20. The van der Waals surface area contributed by atoms with Crippen molar-refractivity contribution in [2.75, 3.05) is 13.6 Å². The summed E-state index contributed by atoms with van der Waals surface area (Å²) in [4.78, 5) is 2.35. The molecule has 0 unspecified atom stereocenters. The maximum absolute atomic E-state index is 10.1. The Morgan fingerprint density at radius 3 is 2.73 bits per heavy atom. The van der Waals surface area contributed by atoms with Gasteiger partial charge >= 0.3 is 0 Å². The van der Waals surface area contributed by atoms with Crippen molar-refractivity contribution in [1.29, 1.82) is 0 Å². The van der Waals surface area contributed by atoms with E-state index in [-0.39, 0.29) is 6.10 Å². The minimum atomic E-state index is -0.309. The summed E-state index contributed by atoms with van der Waals surface area (Å²) in [5.74, 6) is 0. The lowest BCUT2D eigenvalue weighted by Gasteiger charge is -2.22. The molecular weight excluding hydrogens is 186 g/mol. The Balaban J connectivity index is 1.95. The zero-order valence-corrected chi connectivity index (χ0v) is 9.26.